The van der Waals surface area contributed by atoms with Crippen LogP contribution in [0.4, 0.5) is 5.13 Å². The Labute approximate surface area is 46.8 Å². The van der Waals surface area contributed by atoms with Gasteiger partial charge in [-0.15, -0.1) is 11.3 Å². The second-order valence-electron chi connectivity index (χ2n) is 1.11. The maximum absolute atomic E-state index is 5.21. The molecule has 0 aliphatic carbocycles. The first-order valence-corrected chi connectivity index (χ1v) is 2.63. The zero-order chi connectivity index (χ0) is 5.28. The number of thiazole rings is 1. The highest BCUT2D eigenvalue weighted by Crippen LogP contribution is 2.00. The number of nitrogens with two attached hydrogens (primary N) is 1. The first-order chi connectivity index (χ1) is 3.29. The Kier molecular flexibility index (Phi) is 1.02. The maximum atomic E-state index is 5.21. The van der Waals surface area contributed by atoms with Crippen molar-refractivity contribution in [3.8, 4) is 0 Å². The van der Waals surface area contributed by atoms with Gasteiger partial charge in [0, 0.05) is 11.0 Å². The third kappa shape index (κ3) is 0.930. The summed E-state index contributed by atoms with van der Waals surface area (Å²) in [4.78, 5) is 3.69. The predicted octanol–water partition coefficient (Wildman–Crippen LogP) is -0.481. The van der Waals surface area contributed by atoms with Gasteiger partial charge < -0.3 is 5.73 Å². The highest BCUT2D eigenvalue weighted by atomic mass is 32.1. The number of aromatic nitrogens is 1. The van der Waals surface area contributed by atoms with Gasteiger partial charge >= 0.3 is 0 Å². The second-order valence-corrected chi connectivity index (χ2v) is 2.00. The molecule has 0 fully saturated rings. The van der Waals surface area contributed by atoms with E-state index >= 15 is 0 Å². The van der Waals surface area contributed by atoms with Crippen molar-refractivity contribution in [3.63, 3.8) is 0 Å². The van der Waals surface area contributed by atoms with Crippen LogP contribution < -0.4 is 11.3 Å². The van der Waals surface area contributed by atoms with Crippen LogP contribution in [-0.4, -0.2) is 12.8 Å². The standard InChI is InChI=1S/C3H3BN2S/c4-2-1-7-3(5)6-2/h1H,(H2,5,6). The molecule has 4 heteroatoms. The van der Waals surface area contributed by atoms with Gasteiger partial charge in [-0.2, -0.15) is 0 Å². The van der Waals surface area contributed by atoms with E-state index in [9.17, 15) is 0 Å². The van der Waals surface area contributed by atoms with Gasteiger partial charge in [0.05, 0.1) is 0 Å². The van der Waals surface area contributed by atoms with Crippen LogP contribution >= 0.6 is 11.3 Å². The van der Waals surface area contributed by atoms with Crippen molar-refractivity contribution in [3.05, 3.63) is 5.38 Å². The van der Waals surface area contributed by atoms with E-state index in [1.54, 1.807) is 5.38 Å². The lowest BCUT2D eigenvalue weighted by Crippen LogP contribution is -2.01. The molecule has 1 aromatic rings. The lowest BCUT2D eigenvalue weighted by molar-refractivity contribution is 1.49. The van der Waals surface area contributed by atoms with Crippen LogP contribution in [0.25, 0.3) is 0 Å². The number of hydrogen-bond donors (Lipinski definition) is 1. The Morgan fingerprint density at radius 3 is 2.71 bits per heavy atom. The van der Waals surface area contributed by atoms with Crippen molar-refractivity contribution in [2.75, 3.05) is 5.73 Å². The van der Waals surface area contributed by atoms with Gasteiger partial charge in [-0.1, -0.05) is 0 Å². The average Bonchev–Trinajstić information content (AvgIpc) is 1.87. The molecule has 0 unspecified atom stereocenters. The summed E-state index contributed by atoms with van der Waals surface area (Å²) in [6.45, 7) is 0. The summed E-state index contributed by atoms with van der Waals surface area (Å²) in [6, 6.07) is 0. The Balaban J connectivity index is 3.04. The van der Waals surface area contributed by atoms with Crippen molar-refractivity contribution in [2.24, 2.45) is 0 Å². The van der Waals surface area contributed by atoms with E-state index in [4.69, 9.17) is 13.6 Å². The highest BCUT2D eigenvalue weighted by molar-refractivity contribution is 7.14. The molecule has 0 spiro atoms. The topological polar surface area (TPSA) is 38.9 Å². The molecule has 0 aliphatic heterocycles. The fraction of sp³-hybridized carbons (Fsp3) is 0. The molecule has 0 atom stereocenters. The fourth-order valence-corrected chi connectivity index (χ4v) is 0.753. The molecular weight excluding hydrogens is 107 g/mol. The number of nitrogen functional groups attached to an aromatic ring is 1. The lowest BCUT2D eigenvalue weighted by atomic mass is 10.1. The van der Waals surface area contributed by atoms with Crippen molar-refractivity contribution in [1.29, 1.82) is 0 Å². The van der Waals surface area contributed by atoms with E-state index in [-0.39, 0.29) is 0 Å². The van der Waals surface area contributed by atoms with Crippen LogP contribution in [0.2, 0.25) is 0 Å². The van der Waals surface area contributed by atoms with Crippen molar-refractivity contribution >= 4 is 29.9 Å². The van der Waals surface area contributed by atoms with Crippen molar-refractivity contribution in [1.82, 2.24) is 4.98 Å². The molecular formula is C3H3BN2S. The van der Waals surface area contributed by atoms with Crippen LogP contribution in [0.3, 0.4) is 0 Å². The smallest absolute Gasteiger partial charge is 0.179 e. The van der Waals surface area contributed by atoms with Crippen LogP contribution in [0.5, 0.6) is 0 Å². The van der Waals surface area contributed by atoms with Crippen LogP contribution in [0, 0.1) is 0 Å². The fourth-order valence-electron chi connectivity index (χ4n) is 0.301. The summed E-state index contributed by atoms with van der Waals surface area (Å²) in [5.74, 6) is 0. The number of hydrogen-bond acceptors (Lipinski definition) is 3. The van der Waals surface area contributed by atoms with Crippen molar-refractivity contribution < 1.29 is 0 Å². The molecule has 2 N–H and O–H groups in total. The van der Waals surface area contributed by atoms with Gasteiger partial charge in [-0.3, -0.25) is 0 Å². The minimum atomic E-state index is 0.502. The third-order valence-corrected chi connectivity index (χ3v) is 1.23. The van der Waals surface area contributed by atoms with Gasteiger partial charge in [0.15, 0.2) is 5.13 Å². The van der Waals surface area contributed by atoms with E-state index in [1.165, 1.54) is 11.3 Å². The van der Waals surface area contributed by atoms with Gasteiger partial charge in [-0.25, -0.2) is 4.98 Å². The van der Waals surface area contributed by atoms with Crippen LogP contribution in [0.15, 0.2) is 5.38 Å². The summed E-state index contributed by atoms with van der Waals surface area (Å²) in [5, 5.41) is 2.23. The molecule has 7 heavy (non-hydrogen) atoms. The molecule has 34 valence electrons. The predicted molar refractivity (Wildman–Crippen MR) is 31.9 cm³/mol. The van der Waals surface area contributed by atoms with Crippen LogP contribution in [-0.2, 0) is 0 Å². The van der Waals surface area contributed by atoms with E-state index in [2.05, 4.69) is 4.98 Å². The summed E-state index contributed by atoms with van der Waals surface area (Å²) >= 11 is 1.35. The quantitative estimate of drug-likeness (QED) is 0.458. The Hall–Kier alpha value is -0.505. The van der Waals surface area contributed by atoms with Crippen molar-refractivity contribution in [2.45, 2.75) is 0 Å². The molecule has 2 nitrogen and oxygen atoms in total. The molecule has 0 bridgehead atoms. The van der Waals surface area contributed by atoms with E-state index < -0.39 is 0 Å². The summed E-state index contributed by atoms with van der Waals surface area (Å²) < 4.78 is 0. The number of nitrogens with zero attached hydrogens (tertiary/aromatic N) is 1. The first kappa shape index (κ1) is 4.65. The average molecular weight is 110 g/mol. The van der Waals surface area contributed by atoms with E-state index in [0.717, 1.165) is 0 Å². The second kappa shape index (κ2) is 1.54. The molecule has 1 heterocycles. The van der Waals surface area contributed by atoms with Gasteiger partial charge in [0.1, 0.15) is 7.85 Å². The zero-order valence-electron chi connectivity index (χ0n) is 3.59. The molecule has 1 rings (SSSR count). The lowest BCUT2D eigenvalue weighted by Gasteiger charge is -1.72. The van der Waals surface area contributed by atoms with Gasteiger partial charge in [-0.05, 0) is 0 Å². The van der Waals surface area contributed by atoms with E-state index in [0.29, 0.717) is 10.7 Å². The SMILES string of the molecule is [B]c1csc(N)n1. The monoisotopic (exact) mass is 110 g/mol. The summed E-state index contributed by atoms with van der Waals surface area (Å²) in [5.41, 5.74) is 5.71. The summed E-state index contributed by atoms with van der Waals surface area (Å²) in [6.07, 6.45) is 0. The first-order valence-electron chi connectivity index (χ1n) is 1.75. The number of anilines is 1. The molecule has 0 saturated heterocycles. The molecule has 1 aromatic heterocycles. The van der Waals surface area contributed by atoms with Gasteiger partial charge in [0.2, 0.25) is 0 Å². The molecule has 0 aliphatic rings. The molecule has 0 amide bonds. The van der Waals surface area contributed by atoms with E-state index in [1.807, 2.05) is 0 Å². The van der Waals surface area contributed by atoms with Crippen LogP contribution in [0.1, 0.15) is 0 Å². The zero-order valence-corrected chi connectivity index (χ0v) is 4.40. The van der Waals surface area contributed by atoms with Gasteiger partial charge in [0.25, 0.3) is 0 Å². The maximum Gasteiger partial charge on any atom is 0.179 e. The minimum absolute atomic E-state index is 0.502. The number of rotatable bonds is 0. The molecule has 0 saturated carbocycles. The highest BCUT2D eigenvalue weighted by Gasteiger charge is 1.86. The molecule has 2 radical (unpaired) electrons. The molecule has 0 aromatic carbocycles. The summed E-state index contributed by atoms with van der Waals surface area (Å²) in [7, 11) is 5.20. The Morgan fingerprint density at radius 1 is 1.86 bits per heavy atom. The Bertz CT molecular complexity index is 145. The minimum Gasteiger partial charge on any atom is -0.375 e. The largest absolute Gasteiger partial charge is 0.375 e. The normalized spacial score (nSPS) is 9.14. The third-order valence-electron chi connectivity index (χ3n) is 0.540. The Morgan fingerprint density at radius 2 is 2.57 bits per heavy atom.